The van der Waals surface area contributed by atoms with Gasteiger partial charge >= 0.3 is 0 Å². The van der Waals surface area contributed by atoms with E-state index in [-0.39, 0.29) is 18.0 Å². The highest BCUT2D eigenvalue weighted by atomic mass is 16.5. The lowest BCUT2D eigenvalue weighted by molar-refractivity contribution is -0.116. The van der Waals surface area contributed by atoms with Gasteiger partial charge in [-0.05, 0) is 36.4 Å². The maximum Gasteiger partial charge on any atom is 0.261 e. The summed E-state index contributed by atoms with van der Waals surface area (Å²) in [6.45, 7) is 3.00. The van der Waals surface area contributed by atoms with Crippen LogP contribution in [0.15, 0.2) is 53.3 Å². The number of morpholine rings is 1. The van der Waals surface area contributed by atoms with Crippen molar-refractivity contribution in [2.24, 2.45) is 5.73 Å². The lowest BCUT2D eigenvalue weighted by Crippen LogP contribution is -2.39. The quantitative estimate of drug-likeness (QED) is 0.612. The van der Waals surface area contributed by atoms with Crippen LogP contribution in [0.2, 0.25) is 0 Å². The van der Waals surface area contributed by atoms with E-state index in [1.54, 1.807) is 30.3 Å². The zero-order chi connectivity index (χ0) is 21.8. The van der Waals surface area contributed by atoms with Crippen molar-refractivity contribution >= 4 is 28.4 Å². The summed E-state index contributed by atoms with van der Waals surface area (Å²) < 4.78 is 6.81. The highest BCUT2D eigenvalue weighted by Crippen LogP contribution is 2.12. The Bertz CT molecular complexity index is 1170. The van der Waals surface area contributed by atoms with E-state index in [1.165, 1.54) is 16.7 Å². The van der Waals surface area contributed by atoms with Gasteiger partial charge < -0.3 is 15.8 Å². The molecule has 0 atom stereocenters. The molecule has 0 bridgehead atoms. The van der Waals surface area contributed by atoms with Crippen molar-refractivity contribution in [3.8, 4) is 0 Å². The van der Waals surface area contributed by atoms with Crippen molar-refractivity contribution in [1.29, 1.82) is 0 Å². The fourth-order valence-electron chi connectivity index (χ4n) is 3.52. The predicted octanol–water partition coefficient (Wildman–Crippen LogP) is 0.966. The van der Waals surface area contributed by atoms with Crippen molar-refractivity contribution in [3.63, 3.8) is 0 Å². The van der Waals surface area contributed by atoms with Gasteiger partial charge in [-0.1, -0.05) is 12.1 Å². The lowest BCUT2D eigenvalue weighted by atomic mass is 10.2. The molecule has 31 heavy (non-hydrogen) atoms. The monoisotopic (exact) mass is 421 g/mol. The number of amides is 2. The first-order valence-electron chi connectivity index (χ1n) is 9.99. The Morgan fingerprint density at radius 1 is 1.06 bits per heavy atom. The molecule has 1 saturated heterocycles. The Morgan fingerprint density at radius 2 is 1.77 bits per heavy atom. The summed E-state index contributed by atoms with van der Waals surface area (Å²) in [5.74, 6) is -0.376. The number of nitrogens with one attached hydrogen (secondary N) is 1. The second-order valence-corrected chi connectivity index (χ2v) is 7.31. The van der Waals surface area contributed by atoms with Gasteiger partial charge in [-0.15, -0.1) is 0 Å². The minimum absolute atomic E-state index is 0.173. The highest BCUT2D eigenvalue weighted by Gasteiger charge is 2.18. The van der Waals surface area contributed by atoms with Crippen molar-refractivity contribution in [2.75, 3.05) is 31.6 Å². The summed E-state index contributed by atoms with van der Waals surface area (Å²) in [4.78, 5) is 43.9. The van der Waals surface area contributed by atoms with E-state index in [0.29, 0.717) is 47.7 Å². The third-order valence-electron chi connectivity index (χ3n) is 5.16. The largest absolute Gasteiger partial charge is 0.379 e. The minimum Gasteiger partial charge on any atom is -0.379 e. The van der Waals surface area contributed by atoms with Crippen LogP contribution in [-0.2, 0) is 22.6 Å². The number of nitrogens with zero attached hydrogens (tertiary/aromatic N) is 3. The average molecular weight is 421 g/mol. The molecule has 0 radical (unpaired) electrons. The number of hydrogen-bond donors (Lipinski definition) is 2. The number of anilines is 1. The molecule has 4 rings (SSSR count). The maximum absolute atomic E-state index is 13.1. The van der Waals surface area contributed by atoms with Crippen LogP contribution >= 0.6 is 0 Å². The molecule has 0 unspecified atom stereocenters. The highest BCUT2D eigenvalue weighted by molar-refractivity contribution is 5.94. The van der Waals surface area contributed by atoms with Gasteiger partial charge in [0.25, 0.3) is 5.56 Å². The molecule has 160 valence electrons. The van der Waals surface area contributed by atoms with Crippen molar-refractivity contribution in [1.82, 2.24) is 14.5 Å². The number of rotatable bonds is 6. The van der Waals surface area contributed by atoms with E-state index in [1.807, 2.05) is 6.07 Å². The number of carbonyl (C=O) groups is 2. The first-order valence-corrected chi connectivity index (χ1v) is 9.99. The Kier molecular flexibility index (Phi) is 6.06. The van der Waals surface area contributed by atoms with E-state index >= 15 is 0 Å². The van der Waals surface area contributed by atoms with Crippen molar-refractivity contribution in [2.45, 2.75) is 13.1 Å². The number of benzene rings is 2. The molecule has 3 aromatic rings. The van der Waals surface area contributed by atoms with Crippen LogP contribution in [0.25, 0.3) is 10.9 Å². The van der Waals surface area contributed by atoms with Gasteiger partial charge in [-0.25, -0.2) is 4.98 Å². The molecule has 1 aliphatic heterocycles. The Hall–Kier alpha value is -3.56. The molecule has 1 fully saturated rings. The number of primary amides is 1. The molecule has 2 aromatic carbocycles. The minimum atomic E-state index is -0.542. The number of carbonyl (C=O) groups excluding carboxylic acids is 2. The zero-order valence-electron chi connectivity index (χ0n) is 16.9. The summed E-state index contributed by atoms with van der Waals surface area (Å²) >= 11 is 0. The third kappa shape index (κ3) is 4.79. The summed E-state index contributed by atoms with van der Waals surface area (Å²) in [7, 11) is 0. The molecular formula is C22H23N5O4. The fourth-order valence-corrected chi connectivity index (χ4v) is 3.52. The molecule has 0 aliphatic carbocycles. The first kappa shape index (κ1) is 20.7. The van der Waals surface area contributed by atoms with Crippen LogP contribution in [0.3, 0.4) is 0 Å². The van der Waals surface area contributed by atoms with Gasteiger partial charge in [-0.2, -0.15) is 0 Å². The summed E-state index contributed by atoms with van der Waals surface area (Å²) in [6, 6.07) is 13.4. The third-order valence-corrected chi connectivity index (χ3v) is 5.16. The number of fused-ring (bicyclic) bond motifs is 1. The second kappa shape index (κ2) is 9.07. The molecule has 1 aliphatic rings. The van der Waals surface area contributed by atoms with E-state index in [0.717, 1.165) is 13.1 Å². The van der Waals surface area contributed by atoms with Gasteiger partial charge in [0.2, 0.25) is 11.8 Å². The van der Waals surface area contributed by atoms with Crippen LogP contribution in [0.1, 0.15) is 16.2 Å². The maximum atomic E-state index is 13.1. The number of aromatic nitrogens is 2. The molecule has 9 nitrogen and oxygen atoms in total. The molecule has 1 aromatic heterocycles. The van der Waals surface area contributed by atoms with Crippen LogP contribution in [0, 0.1) is 0 Å². The summed E-state index contributed by atoms with van der Waals surface area (Å²) in [6.07, 6.45) is 0. The molecule has 0 spiro atoms. The van der Waals surface area contributed by atoms with E-state index in [4.69, 9.17) is 10.5 Å². The van der Waals surface area contributed by atoms with Crippen LogP contribution < -0.4 is 16.6 Å². The normalized spacial score (nSPS) is 14.5. The van der Waals surface area contributed by atoms with Gasteiger partial charge in [0, 0.05) is 24.3 Å². The number of nitrogens with two attached hydrogens (primary N) is 1. The standard InChI is InChI=1S/C22H23N5O4/c23-21(29)15-5-7-16(8-6-15)24-20(28)14-27-19(13-26-9-11-31-12-10-26)25-18-4-2-1-3-17(18)22(27)30/h1-8H,9-14H2,(H2,23,29)(H,24,28). The molecule has 2 heterocycles. The Morgan fingerprint density at radius 3 is 2.48 bits per heavy atom. The van der Waals surface area contributed by atoms with Crippen molar-refractivity contribution < 1.29 is 14.3 Å². The molecule has 0 saturated carbocycles. The van der Waals surface area contributed by atoms with Crippen LogP contribution in [0.5, 0.6) is 0 Å². The van der Waals surface area contributed by atoms with Gasteiger partial charge in [-0.3, -0.25) is 23.9 Å². The van der Waals surface area contributed by atoms with Crippen LogP contribution in [-0.4, -0.2) is 52.6 Å². The first-order chi connectivity index (χ1) is 15.0. The average Bonchev–Trinajstić information content (AvgIpc) is 2.77. The van der Waals surface area contributed by atoms with Crippen LogP contribution in [0.4, 0.5) is 5.69 Å². The van der Waals surface area contributed by atoms with E-state index in [9.17, 15) is 14.4 Å². The fraction of sp³-hybridized carbons (Fsp3) is 0.273. The molecule has 9 heteroatoms. The van der Waals surface area contributed by atoms with Crippen molar-refractivity contribution in [3.05, 3.63) is 70.3 Å². The van der Waals surface area contributed by atoms with Gasteiger partial charge in [0.05, 0.1) is 30.7 Å². The smallest absolute Gasteiger partial charge is 0.261 e. The van der Waals surface area contributed by atoms with Gasteiger partial charge in [0.1, 0.15) is 12.4 Å². The molecular weight excluding hydrogens is 398 g/mol. The summed E-state index contributed by atoms with van der Waals surface area (Å²) in [5, 5.41) is 3.22. The topological polar surface area (TPSA) is 120 Å². The Balaban J connectivity index is 1.60. The van der Waals surface area contributed by atoms with E-state index in [2.05, 4.69) is 15.2 Å². The number of hydrogen-bond acceptors (Lipinski definition) is 6. The van der Waals surface area contributed by atoms with E-state index < -0.39 is 5.91 Å². The summed E-state index contributed by atoms with van der Waals surface area (Å²) in [5.41, 5.74) is 6.44. The number of para-hydroxylation sites is 1. The zero-order valence-corrected chi connectivity index (χ0v) is 16.9. The predicted molar refractivity (Wildman–Crippen MR) is 116 cm³/mol. The number of ether oxygens (including phenoxy) is 1. The Labute approximate surface area is 178 Å². The molecule has 3 N–H and O–H groups in total. The second-order valence-electron chi connectivity index (χ2n) is 7.31. The molecule has 2 amide bonds. The lowest BCUT2D eigenvalue weighted by Gasteiger charge is -2.27. The van der Waals surface area contributed by atoms with Gasteiger partial charge in [0.15, 0.2) is 0 Å². The SMILES string of the molecule is NC(=O)c1ccc(NC(=O)Cn2c(CN3CCOCC3)nc3ccccc3c2=O)cc1.